The second kappa shape index (κ2) is 9.02. The van der Waals surface area contributed by atoms with Crippen LogP contribution in [0.1, 0.15) is 34.0 Å². The van der Waals surface area contributed by atoms with Crippen molar-refractivity contribution < 1.29 is 19.0 Å². The first-order valence-corrected chi connectivity index (χ1v) is 9.68. The van der Waals surface area contributed by atoms with Crippen molar-refractivity contribution in [3.05, 3.63) is 92.0 Å². The summed E-state index contributed by atoms with van der Waals surface area (Å²) in [5, 5.41) is 20.6. The van der Waals surface area contributed by atoms with Crippen molar-refractivity contribution in [3.63, 3.8) is 0 Å². The van der Waals surface area contributed by atoms with Gasteiger partial charge in [0.05, 0.1) is 17.1 Å². The lowest BCUT2D eigenvalue weighted by atomic mass is 9.99. The molecule has 0 fully saturated rings. The van der Waals surface area contributed by atoms with Crippen molar-refractivity contribution in [2.24, 2.45) is 0 Å². The minimum Gasteiger partial charge on any atom is -0.494 e. The predicted molar refractivity (Wildman–Crippen MR) is 113 cm³/mol. The van der Waals surface area contributed by atoms with Crippen LogP contribution in [0.15, 0.2) is 53.3 Å². The number of Topliss-reactive ketones (excluding diaryl/α,β-unsaturated/α-hetero) is 1. The third kappa shape index (κ3) is 4.44. The Morgan fingerprint density at radius 2 is 1.90 bits per heavy atom. The van der Waals surface area contributed by atoms with Gasteiger partial charge in [-0.05, 0) is 49.2 Å². The van der Waals surface area contributed by atoms with Gasteiger partial charge in [-0.25, -0.2) is 4.39 Å². The molecule has 1 heterocycles. The minimum absolute atomic E-state index is 0.0555. The zero-order valence-corrected chi connectivity index (χ0v) is 17.5. The number of para-hydroxylation sites is 1. The smallest absolute Gasteiger partial charge is 0.271 e. The number of ketones is 1. The summed E-state index contributed by atoms with van der Waals surface area (Å²) < 4.78 is 19.7. The fraction of sp³-hybridized carbons (Fsp3) is 0.174. The molecular weight excluding hydrogens is 423 g/mol. The van der Waals surface area contributed by atoms with Gasteiger partial charge in [0.15, 0.2) is 6.10 Å². The molecule has 0 aliphatic heterocycles. The zero-order valence-electron chi connectivity index (χ0n) is 16.7. The van der Waals surface area contributed by atoms with Crippen molar-refractivity contribution in [1.82, 2.24) is 4.57 Å². The van der Waals surface area contributed by atoms with E-state index in [1.54, 1.807) is 30.3 Å². The highest BCUT2D eigenvalue weighted by Crippen LogP contribution is 2.28. The highest BCUT2D eigenvalue weighted by molar-refractivity contribution is 6.32. The topological polar surface area (TPSA) is 92.3 Å². The highest BCUT2D eigenvalue weighted by atomic mass is 35.5. The molecule has 3 rings (SSSR count). The molecule has 0 saturated heterocycles. The molecule has 2 aromatic carbocycles. The van der Waals surface area contributed by atoms with Crippen molar-refractivity contribution in [1.29, 1.82) is 5.26 Å². The molecule has 1 atom stereocenters. The lowest BCUT2D eigenvalue weighted by Gasteiger charge is -2.19. The van der Waals surface area contributed by atoms with Crippen molar-refractivity contribution in [2.45, 2.75) is 26.5 Å². The van der Waals surface area contributed by atoms with Crippen LogP contribution in [0.4, 0.5) is 4.39 Å². The van der Waals surface area contributed by atoms with Crippen LogP contribution in [-0.4, -0.2) is 21.6 Å². The van der Waals surface area contributed by atoms with E-state index in [2.05, 4.69) is 0 Å². The average molecular weight is 441 g/mol. The van der Waals surface area contributed by atoms with Crippen molar-refractivity contribution in [2.75, 3.05) is 0 Å². The van der Waals surface area contributed by atoms with Crippen LogP contribution in [0.5, 0.6) is 11.6 Å². The summed E-state index contributed by atoms with van der Waals surface area (Å²) in [6.07, 6.45) is -1.06. The summed E-state index contributed by atoms with van der Waals surface area (Å²) in [6, 6.07) is 13.7. The van der Waals surface area contributed by atoms with Crippen LogP contribution in [0.25, 0.3) is 0 Å². The molecule has 1 N–H and O–H groups in total. The van der Waals surface area contributed by atoms with E-state index in [1.165, 1.54) is 38.1 Å². The van der Waals surface area contributed by atoms with Gasteiger partial charge in [-0.3, -0.25) is 14.2 Å². The second-order valence-corrected chi connectivity index (χ2v) is 7.29. The summed E-state index contributed by atoms with van der Waals surface area (Å²) in [4.78, 5) is 25.9. The normalized spacial score (nSPS) is 11.6. The first kappa shape index (κ1) is 22.1. The number of aromatic nitrogens is 1. The third-order valence-electron chi connectivity index (χ3n) is 4.81. The molecular formula is C23H18ClFN2O4. The lowest BCUT2D eigenvalue weighted by molar-refractivity contribution is 0.0813. The Labute approximate surface area is 182 Å². The maximum Gasteiger partial charge on any atom is 0.271 e. The van der Waals surface area contributed by atoms with Gasteiger partial charge in [0.25, 0.3) is 5.56 Å². The molecule has 31 heavy (non-hydrogen) atoms. The Kier molecular flexibility index (Phi) is 6.42. The van der Waals surface area contributed by atoms with E-state index >= 15 is 0 Å². The van der Waals surface area contributed by atoms with Gasteiger partial charge in [-0.2, -0.15) is 5.26 Å². The molecule has 1 unspecified atom stereocenters. The first-order chi connectivity index (χ1) is 14.7. The van der Waals surface area contributed by atoms with E-state index in [0.717, 1.165) is 4.57 Å². The van der Waals surface area contributed by atoms with Crippen LogP contribution in [-0.2, 0) is 6.54 Å². The molecule has 8 heteroatoms. The number of halogens is 2. The molecule has 0 spiro atoms. The first-order valence-electron chi connectivity index (χ1n) is 9.30. The molecule has 1 aromatic heterocycles. The van der Waals surface area contributed by atoms with Gasteiger partial charge in [-0.1, -0.05) is 35.9 Å². The Balaban J connectivity index is 2.06. The number of benzene rings is 2. The van der Waals surface area contributed by atoms with Crippen LogP contribution < -0.4 is 10.3 Å². The van der Waals surface area contributed by atoms with Gasteiger partial charge in [0.1, 0.15) is 23.2 Å². The number of aromatic hydroxyl groups is 1. The van der Waals surface area contributed by atoms with E-state index in [4.69, 9.17) is 16.3 Å². The molecule has 0 amide bonds. The van der Waals surface area contributed by atoms with E-state index in [9.17, 15) is 24.3 Å². The highest BCUT2D eigenvalue weighted by Gasteiger charge is 2.28. The number of rotatable bonds is 6. The average Bonchev–Trinajstić information content (AvgIpc) is 2.74. The molecule has 0 bridgehead atoms. The number of nitriles is 1. The van der Waals surface area contributed by atoms with Crippen molar-refractivity contribution >= 4 is 17.4 Å². The zero-order chi connectivity index (χ0) is 22.7. The molecule has 3 aromatic rings. The molecule has 0 saturated carbocycles. The monoisotopic (exact) mass is 440 g/mol. The number of nitrogens with zero attached hydrogens (tertiary/aromatic N) is 2. The summed E-state index contributed by atoms with van der Waals surface area (Å²) >= 11 is 6.08. The summed E-state index contributed by atoms with van der Waals surface area (Å²) in [6.45, 7) is 2.74. The quantitative estimate of drug-likeness (QED) is 0.579. The van der Waals surface area contributed by atoms with Gasteiger partial charge in [0.2, 0.25) is 11.7 Å². The van der Waals surface area contributed by atoms with Crippen molar-refractivity contribution in [3.8, 4) is 17.7 Å². The number of hydrogen-bond acceptors (Lipinski definition) is 5. The van der Waals surface area contributed by atoms with E-state index in [1.807, 2.05) is 0 Å². The number of ether oxygens (including phenoxy) is 1. The molecule has 0 radical (unpaired) electrons. The van der Waals surface area contributed by atoms with Crippen LogP contribution in [0.3, 0.4) is 0 Å². The Morgan fingerprint density at radius 3 is 2.52 bits per heavy atom. The van der Waals surface area contributed by atoms with E-state index < -0.39 is 29.1 Å². The van der Waals surface area contributed by atoms with Gasteiger partial charge < -0.3 is 9.84 Å². The number of carbonyl (C=O) groups excluding carboxylic acids is 1. The van der Waals surface area contributed by atoms with E-state index in [-0.39, 0.29) is 29.0 Å². The van der Waals surface area contributed by atoms with Gasteiger partial charge >= 0.3 is 0 Å². The largest absolute Gasteiger partial charge is 0.494 e. The summed E-state index contributed by atoms with van der Waals surface area (Å²) in [5.74, 6) is -1.39. The number of pyridine rings is 1. The number of hydrogen-bond donors (Lipinski definition) is 1. The van der Waals surface area contributed by atoms with Gasteiger partial charge in [0, 0.05) is 0 Å². The Bertz CT molecular complexity index is 1250. The van der Waals surface area contributed by atoms with Gasteiger partial charge in [-0.15, -0.1) is 0 Å². The van der Waals surface area contributed by atoms with Crippen LogP contribution in [0.2, 0.25) is 5.02 Å². The maximum absolute atomic E-state index is 13.2. The standard InChI is InChI=1S/C23H18ClFN2O4/c1-13-17(11-26)22(29)27(12-15-7-9-16(25)10-8-15)23(30)20(13)21(28)14(2)31-19-6-4-3-5-18(19)24/h3-10,14,30H,12H2,1-2H3. The predicted octanol–water partition coefficient (Wildman–Crippen LogP) is 4.23. The summed E-state index contributed by atoms with van der Waals surface area (Å²) in [5.41, 5.74) is -0.658. The molecule has 0 aliphatic carbocycles. The maximum atomic E-state index is 13.2. The fourth-order valence-corrected chi connectivity index (χ4v) is 3.33. The Morgan fingerprint density at radius 1 is 1.26 bits per heavy atom. The summed E-state index contributed by atoms with van der Waals surface area (Å²) in [7, 11) is 0. The van der Waals surface area contributed by atoms with E-state index in [0.29, 0.717) is 10.6 Å². The van der Waals surface area contributed by atoms with Crippen LogP contribution in [0, 0.1) is 24.1 Å². The molecule has 0 aliphatic rings. The van der Waals surface area contributed by atoms with Crippen LogP contribution >= 0.6 is 11.6 Å². The minimum atomic E-state index is -1.06. The lowest BCUT2D eigenvalue weighted by Crippen LogP contribution is -2.31. The number of carbonyl (C=O) groups is 1. The second-order valence-electron chi connectivity index (χ2n) is 6.88. The SMILES string of the molecule is Cc1c(C(=O)C(C)Oc2ccccc2Cl)c(O)n(Cc2ccc(F)cc2)c(=O)c1C#N. The third-order valence-corrected chi connectivity index (χ3v) is 5.12. The fourth-order valence-electron chi connectivity index (χ4n) is 3.15. The molecule has 6 nitrogen and oxygen atoms in total. The Hall–Kier alpha value is -3.63. The molecule has 158 valence electrons.